The van der Waals surface area contributed by atoms with Gasteiger partial charge in [0.2, 0.25) is 5.91 Å². The number of piperidine rings is 1. The van der Waals surface area contributed by atoms with Gasteiger partial charge < -0.3 is 15.4 Å². The Morgan fingerprint density at radius 3 is 2.75 bits per heavy atom. The molecular weight excluding hydrogens is 309 g/mol. The Labute approximate surface area is 142 Å². The molecular formula is C18H26FN3O2. The lowest BCUT2D eigenvalue weighted by Gasteiger charge is -2.34. The van der Waals surface area contributed by atoms with Gasteiger partial charge in [-0.3, -0.25) is 9.69 Å². The van der Waals surface area contributed by atoms with Crippen molar-refractivity contribution < 1.29 is 13.9 Å². The number of carbonyl (C=O) groups is 1. The van der Waals surface area contributed by atoms with Crippen LogP contribution in [0.3, 0.4) is 0 Å². The molecule has 3 rings (SSSR count). The molecule has 24 heavy (non-hydrogen) atoms. The van der Waals surface area contributed by atoms with Gasteiger partial charge in [-0.15, -0.1) is 0 Å². The summed E-state index contributed by atoms with van der Waals surface area (Å²) >= 11 is 0. The predicted octanol–water partition coefficient (Wildman–Crippen LogP) is 1.000. The monoisotopic (exact) mass is 335 g/mol. The van der Waals surface area contributed by atoms with E-state index < -0.39 is 0 Å². The van der Waals surface area contributed by atoms with E-state index in [1.54, 1.807) is 12.1 Å². The molecule has 0 aliphatic carbocycles. The van der Waals surface area contributed by atoms with Gasteiger partial charge in [-0.2, -0.15) is 0 Å². The third-order valence-electron chi connectivity index (χ3n) is 4.81. The first-order chi connectivity index (χ1) is 11.7. The van der Waals surface area contributed by atoms with Crippen LogP contribution in [-0.2, 0) is 16.1 Å². The second kappa shape index (κ2) is 8.55. The van der Waals surface area contributed by atoms with Crippen LogP contribution in [0.25, 0.3) is 0 Å². The molecule has 6 heteroatoms. The lowest BCUT2D eigenvalue weighted by Crippen LogP contribution is -2.48. The van der Waals surface area contributed by atoms with Gasteiger partial charge in [-0.1, -0.05) is 12.1 Å². The smallest absolute Gasteiger partial charge is 0.224 e. The molecule has 0 spiro atoms. The summed E-state index contributed by atoms with van der Waals surface area (Å²) in [5.41, 5.74) is 0.915. The van der Waals surface area contributed by atoms with E-state index in [0.29, 0.717) is 12.5 Å². The van der Waals surface area contributed by atoms with Crippen LogP contribution in [0.2, 0.25) is 0 Å². The maximum Gasteiger partial charge on any atom is 0.224 e. The van der Waals surface area contributed by atoms with E-state index in [1.165, 1.54) is 12.1 Å². The molecule has 0 unspecified atom stereocenters. The molecule has 2 saturated heterocycles. The molecule has 1 amide bonds. The number of rotatable bonds is 5. The zero-order valence-electron chi connectivity index (χ0n) is 14.0. The number of halogens is 1. The number of amides is 1. The van der Waals surface area contributed by atoms with Crippen molar-refractivity contribution in [2.75, 3.05) is 45.9 Å². The number of nitrogens with zero attached hydrogens (tertiary/aromatic N) is 1. The summed E-state index contributed by atoms with van der Waals surface area (Å²) in [6.45, 7) is 6.76. The molecule has 2 atom stereocenters. The van der Waals surface area contributed by atoms with Gasteiger partial charge in [0.1, 0.15) is 5.82 Å². The van der Waals surface area contributed by atoms with E-state index in [1.807, 2.05) is 0 Å². The van der Waals surface area contributed by atoms with E-state index in [9.17, 15) is 9.18 Å². The zero-order valence-corrected chi connectivity index (χ0v) is 14.0. The molecule has 2 aliphatic heterocycles. The quantitative estimate of drug-likeness (QED) is 0.843. The lowest BCUT2D eigenvalue weighted by atomic mass is 9.89. The molecule has 0 saturated carbocycles. The largest absolute Gasteiger partial charge is 0.379 e. The van der Waals surface area contributed by atoms with Crippen molar-refractivity contribution in [2.24, 2.45) is 11.8 Å². The maximum atomic E-state index is 12.9. The molecule has 0 aromatic heterocycles. The minimum absolute atomic E-state index is 0.00485. The third-order valence-corrected chi connectivity index (χ3v) is 4.81. The number of carbonyl (C=O) groups excluding carboxylic acids is 1. The fourth-order valence-electron chi connectivity index (χ4n) is 3.45. The van der Waals surface area contributed by atoms with Crippen LogP contribution in [0.4, 0.5) is 4.39 Å². The Morgan fingerprint density at radius 2 is 2.00 bits per heavy atom. The van der Waals surface area contributed by atoms with Crippen LogP contribution in [0.1, 0.15) is 12.0 Å². The van der Waals surface area contributed by atoms with E-state index in [4.69, 9.17) is 4.74 Å². The minimum atomic E-state index is -0.257. The third kappa shape index (κ3) is 5.00. The molecule has 2 aliphatic rings. The molecule has 1 aromatic rings. The van der Waals surface area contributed by atoms with Gasteiger partial charge in [0.05, 0.1) is 19.1 Å². The Bertz CT molecular complexity index is 532. The molecule has 2 N–H and O–H groups in total. The van der Waals surface area contributed by atoms with Crippen LogP contribution in [0, 0.1) is 17.7 Å². The number of morpholine rings is 1. The minimum Gasteiger partial charge on any atom is -0.379 e. The van der Waals surface area contributed by atoms with Crippen LogP contribution < -0.4 is 10.6 Å². The van der Waals surface area contributed by atoms with Crippen molar-refractivity contribution in [3.05, 3.63) is 35.6 Å². The van der Waals surface area contributed by atoms with E-state index in [-0.39, 0.29) is 17.6 Å². The maximum absolute atomic E-state index is 12.9. The van der Waals surface area contributed by atoms with Gasteiger partial charge in [-0.05, 0) is 36.6 Å². The Balaban J connectivity index is 1.44. The number of hydrogen-bond donors (Lipinski definition) is 2. The highest BCUT2D eigenvalue weighted by atomic mass is 19.1. The highest BCUT2D eigenvalue weighted by Crippen LogP contribution is 2.18. The van der Waals surface area contributed by atoms with Gasteiger partial charge in [-0.25, -0.2) is 4.39 Å². The Morgan fingerprint density at radius 1 is 1.25 bits per heavy atom. The lowest BCUT2D eigenvalue weighted by molar-refractivity contribution is -0.126. The normalized spacial score (nSPS) is 25.4. The number of hydrogen-bond acceptors (Lipinski definition) is 4. The molecule has 2 heterocycles. The average Bonchev–Trinajstić information content (AvgIpc) is 2.62. The van der Waals surface area contributed by atoms with E-state index >= 15 is 0 Å². The molecule has 0 radical (unpaired) electrons. The van der Waals surface area contributed by atoms with Gasteiger partial charge in [0.25, 0.3) is 0 Å². The second-order valence-corrected chi connectivity index (χ2v) is 6.71. The fourth-order valence-corrected chi connectivity index (χ4v) is 3.45. The highest BCUT2D eigenvalue weighted by molar-refractivity contribution is 5.79. The summed E-state index contributed by atoms with van der Waals surface area (Å²) in [6.07, 6.45) is 0.916. The average molecular weight is 335 g/mol. The summed E-state index contributed by atoms with van der Waals surface area (Å²) in [4.78, 5) is 14.8. The number of nitrogens with one attached hydrogen (secondary N) is 2. The molecule has 5 nitrogen and oxygen atoms in total. The van der Waals surface area contributed by atoms with Crippen molar-refractivity contribution in [1.82, 2.24) is 15.5 Å². The zero-order chi connectivity index (χ0) is 16.8. The first-order valence-electron chi connectivity index (χ1n) is 8.73. The Kier molecular flexibility index (Phi) is 6.18. The summed E-state index contributed by atoms with van der Waals surface area (Å²) in [5, 5.41) is 6.37. The number of ether oxygens (including phenoxy) is 1. The summed E-state index contributed by atoms with van der Waals surface area (Å²) < 4.78 is 18.3. The molecule has 0 bridgehead atoms. The van der Waals surface area contributed by atoms with Crippen molar-refractivity contribution in [3.63, 3.8) is 0 Å². The number of benzene rings is 1. The van der Waals surface area contributed by atoms with Crippen LogP contribution in [0.5, 0.6) is 0 Å². The SMILES string of the molecule is O=C(NCc1ccc(F)cc1)[C@H]1CNC[C@@H](CN2CCOCC2)C1. The topological polar surface area (TPSA) is 53.6 Å². The summed E-state index contributed by atoms with van der Waals surface area (Å²) in [5.74, 6) is 0.328. The van der Waals surface area contributed by atoms with Crippen molar-refractivity contribution in [3.8, 4) is 0 Å². The molecule has 1 aromatic carbocycles. The molecule has 132 valence electrons. The van der Waals surface area contributed by atoms with Crippen molar-refractivity contribution in [1.29, 1.82) is 0 Å². The van der Waals surface area contributed by atoms with Crippen molar-refractivity contribution >= 4 is 5.91 Å². The predicted molar refractivity (Wildman–Crippen MR) is 90.0 cm³/mol. The highest BCUT2D eigenvalue weighted by Gasteiger charge is 2.28. The summed E-state index contributed by atoms with van der Waals surface area (Å²) in [6, 6.07) is 6.25. The van der Waals surface area contributed by atoms with Gasteiger partial charge in [0, 0.05) is 32.7 Å². The van der Waals surface area contributed by atoms with Crippen LogP contribution in [-0.4, -0.2) is 56.7 Å². The fraction of sp³-hybridized carbons (Fsp3) is 0.611. The van der Waals surface area contributed by atoms with Crippen LogP contribution >= 0.6 is 0 Å². The van der Waals surface area contributed by atoms with E-state index in [0.717, 1.165) is 57.9 Å². The first kappa shape index (κ1) is 17.3. The van der Waals surface area contributed by atoms with Crippen molar-refractivity contribution in [2.45, 2.75) is 13.0 Å². The van der Waals surface area contributed by atoms with Crippen LogP contribution in [0.15, 0.2) is 24.3 Å². The standard InChI is InChI=1S/C18H26FN3O2/c19-17-3-1-14(2-4-17)11-21-18(23)16-9-15(10-20-12-16)13-22-5-7-24-8-6-22/h1-4,15-16,20H,5-13H2,(H,21,23)/t15-,16+/m0/s1. The van der Waals surface area contributed by atoms with E-state index in [2.05, 4.69) is 15.5 Å². The van der Waals surface area contributed by atoms with Gasteiger partial charge >= 0.3 is 0 Å². The molecule has 2 fully saturated rings. The summed E-state index contributed by atoms with van der Waals surface area (Å²) in [7, 11) is 0. The Hall–Kier alpha value is -1.50. The second-order valence-electron chi connectivity index (χ2n) is 6.71. The van der Waals surface area contributed by atoms with Gasteiger partial charge in [0.15, 0.2) is 0 Å². The first-order valence-corrected chi connectivity index (χ1v) is 8.73.